The van der Waals surface area contributed by atoms with Crippen LogP contribution in [0.5, 0.6) is 0 Å². The van der Waals surface area contributed by atoms with Crippen molar-refractivity contribution in [1.82, 2.24) is 4.98 Å². The van der Waals surface area contributed by atoms with Gasteiger partial charge in [0.15, 0.2) is 0 Å². The van der Waals surface area contributed by atoms with Gasteiger partial charge in [0.05, 0.1) is 6.20 Å². The fourth-order valence-corrected chi connectivity index (χ4v) is 6.49. The number of hydrogen-bond donors (Lipinski definition) is 3. The highest BCUT2D eigenvalue weighted by atomic mass is 32.2. The van der Waals surface area contributed by atoms with Gasteiger partial charge in [0.1, 0.15) is 24.7 Å². The number of aryl methyl sites for hydroxylation is 2. The third-order valence-electron chi connectivity index (χ3n) is 5.69. The van der Waals surface area contributed by atoms with Crippen LogP contribution in [0.4, 0.5) is 5.69 Å². The minimum absolute atomic E-state index is 0.241. The number of nitrogens with zero attached hydrogens (tertiary/aromatic N) is 3. The van der Waals surface area contributed by atoms with Crippen molar-refractivity contribution in [2.45, 2.75) is 68.5 Å². The minimum Gasteiger partial charge on any atom is -0.383 e. The van der Waals surface area contributed by atoms with Crippen LogP contribution in [0.15, 0.2) is 20.8 Å². The average molecular weight is 437 g/mol. The Hall–Kier alpha value is -1.52. The van der Waals surface area contributed by atoms with E-state index in [1.165, 1.54) is 28.5 Å². The molecule has 2 aromatic rings. The van der Waals surface area contributed by atoms with Crippen molar-refractivity contribution in [3.05, 3.63) is 39.5 Å². The third-order valence-corrected chi connectivity index (χ3v) is 8.94. The zero-order valence-corrected chi connectivity index (χ0v) is 18.6. The number of rotatable bonds is 5. The number of fused-ring (bicyclic) bond motifs is 2. The van der Waals surface area contributed by atoms with Crippen LogP contribution < -0.4 is 10.0 Å². The molecule has 9 heteroatoms. The first kappa shape index (κ1) is 20.7. The lowest BCUT2D eigenvalue weighted by Gasteiger charge is -2.28. The van der Waals surface area contributed by atoms with E-state index in [1.807, 2.05) is 0 Å². The van der Waals surface area contributed by atoms with E-state index in [-0.39, 0.29) is 4.21 Å². The van der Waals surface area contributed by atoms with E-state index >= 15 is 0 Å². The quantitative estimate of drug-likeness (QED) is 0.624. The van der Waals surface area contributed by atoms with Gasteiger partial charge in [0.25, 0.3) is 0 Å². The van der Waals surface area contributed by atoms with Crippen molar-refractivity contribution in [1.29, 1.82) is 0 Å². The molecule has 0 bridgehead atoms. The Morgan fingerprint density at radius 1 is 1.24 bits per heavy atom. The number of aliphatic hydroxyl groups is 2. The molecule has 0 aliphatic heterocycles. The number of aromatic nitrogens is 1. The van der Waals surface area contributed by atoms with Gasteiger partial charge in [-0.25, -0.2) is 14.3 Å². The summed E-state index contributed by atoms with van der Waals surface area (Å²) in [5.74, 6) is 0. The summed E-state index contributed by atoms with van der Waals surface area (Å²) >= 11 is 1.05. The second-order valence-electron chi connectivity index (χ2n) is 8.38. The van der Waals surface area contributed by atoms with Gasteiger partial charge < -0.3 is 15.1 Å². The number of thiazole rings is 1. The minimum atomic E-state index is -3.35. The molecule has 0 spiro atoms. The van der Waals surface area contributed by atoms with Crippen LogP contribution in [-0.2, 0) is 41.2 Å². The van der Waals surface area contributed by atoms with E-state index in [9.17, 15) is 14.4 Å². The van der Waals surface area contributed by atoms with E-state index in [1.54, 1.807) is 25.8 Å². The summed E-state index contributed by atoms with van der Waals surface area (Å²) in [6, 6.07) is 2.33. The molecule has 0 saturated heterocycles. The van der Waals surface area contributed by atoms with E-state index in [2.05, 4.69) is 15.4 Å². The van der Waals surface area contributed by atoms with Crippen molar-refractivity contribution < 1.29 is 14.4 Å². The van der Waals surface area contributed by atoms with Crippen molar-refractivity contribution in [2.75, 3.05) is 11.9 Å². The topological polar surface area (TPSA) is 112 Å². The first-order valence-electron chi connectivity index (χ1n) is 9.88. The molecule has 2 aliphatic rings. The molecular formula is C20H28N4O3S2. The fraction of sp³-hybridized carbons (Fsp3) is 0.550. The molecule has 2 aliphatic carbocycles. The largest absolute Gasteiger partial charge is 0.383 e. The predicted octanol–water partition coefficient (Wildman–Crippen LogP) is 2.46. The predicted molar refractivity (Wildman–Crippen MR) is 115 cm³/mol. The summed E-state index contributed by atoms with van der Waals surface area (Å²) in [4.78, 5) is 5.82. The second kappa shape index (κ2) is 7.31. The van der Waals surface area contributed by atoms with Gasteiger partial charge in [-0.3, -0.25) is 0 Å². The van der Waals surface area contributed by atoms with E-state index in [0.717, 1.165) is 55.5 Å². The van der Waals surface area contributed by atoms with E-state index < -0.39 is 21.9 Å². The highest BCUT2D eigenvalue weighted by molar-refractivity contribution is 7.93. The summed E-state index contributed by atoms with van der Waals surface area (Å²) in [7, 11) is -1.57. The molecule has 0 amide bonds. The van der Waals surface area contributed by atoms with Crippen LogP contribution >= 0.6 is 11.3 Å². The zero-order chi connectivity index (χ0) is 21.0. The van der Waals surface area contributed by atoms with Crippen LogP contribution in [0, 0.1) is 0 Å². The highest BCUT2D eigenvalue weighted by Gasteiger charge is 2.29. The van der Waals surface area contributed by atoms with Gasteiger partial charge in [0, 0.05) is 12.7 Å². The monoisotopic (exact) mass is 436 g/mol. The maximum Gasteiger partial charge on any atom is 0.235 e. The van der Waals surface area contributed by atoms with Crippen molar-refractivity contribution in [3.8, 4) is 0 Å². The second-order valence-corrected chi connectivity index (χ2v) is 11.5. The molecule has 0 fully saturated rings. The van der Waals surface area contributed by atoms with E-state index in [0.29, 0.717) is 5.01 Å². The van der Waals surface area contributed by atoms with Crippen molar-refractivity contribution in [2.24, 2.45) is 9.50 Å². The molecule has 0 saturated carbocycles. The molecule has 2 unspecified atom stereocenters. The standard InChI is InChI=1S/C20H28N4O3S2/c1-20(2,26)18-22-11-16(28-18)29(21,27)23-19(25)24(3)17-14-8-4-6-12(14)10-13-7-5-9-15(13)17/h10-11,19,25-26H,4-9H2,1-3H3,(H2,21,23,27). The lowest BCUT2D eigenvalue weighted by molar-refractivity contribution is 0.0783. The van der Waals surface area contributed by atoms with Crippen LogP contribution in [0.3, 0.4) is 0 Å². The molecule has 158 valence electrons. The van der Waals surface area contributed by atoms with Gasteiger partial charge in [-0.15, -0.1) is 11.3 Å². The Morgan fingerprint density at radius 3 is 2.34 bits per heavy atom. The Kier molecular flexibility index (Phi) is 5.23. The number of hydrogen-bond acceptors (Lipinski definition) is 7. The molecule has 29 heavy (non-hydrogen) atoms. The van der Waals surface area contributed by atoms with Crippen LogP contribution in [0.25, 0.3) is 0 Å². The molecule has 1 heterocycles. The summed E-state index contributed by atoms with van der Waals surface area (Å²) in [6.07, 6.45) is 6.34. The summed E-state index contributed by atoms with van der Waals surface area (Å²) in [6.45, 7) is 3.20. The van der Waals surface area contributed by atoms with Gasteiger partial charge in [-0.1, -0.05) is 6.07 Å². The van der Waals surface area contributed by atoms with Gasteiger partial charge in [0.2, 0.25) is 6.35 Å². The maximum atomic E-state index is 13.1. The third kappa shape index (κ3) is 3.82. The normalized spacial score (nSPS) is 18.8. The lowest BCUT2D eigenvalue weighted by atomic mass is 9.98. The number of anilines is 1. The zero-order valence-electron chi connectivity index (χ0n) is 17.0. The molecule has 4 rings (SSSR count). The van der Waals surface area contributed by atoms with E-state index in [4.69, 9.17) is 5.14 Å². The van der Waals surface area contributed by atoms with Crippen LogP contribution in [-0.4, -0.2) is 32.8 Å². The summed E-state index contributed by atoms with van der Waals surface area (Å²) in [5, 5.41) is 27.3. The van der Waals surface area contributed by atoms with Crippen molar-refractivity contribution in [3.63, 3.8) is 0 Å². The summed E-state index contributed by atoms with van der Waals surface area (Å²) in [5.41, 5.74) is 5.12. The lowest BCUT2D eigenvalue weighted by Crippen LogP contribution is -2.33. The van der Waals surface area contributed by atoms with Gasteiger partial charge >= 0.3 is 0 Å². The molecule has 4 N–H and O–H groups in total. The van der Waals surface area contributed by atoms with Crippen molar-refractivity contribution >= 4 is 26.9 Å². The fourth-order valence-electron chi connectivity index (χ4n) is 4.27. The van der Waals surface area contributed by atoms with Crippen LogP contribution in [0.2, 0.25) is 0 Å². The average Bonchev–Trinajstić information content (AvgIpc) is 3.36. The molecule has 7 nitrogen and oxygen atoms in total. The Bertz CT molecular complexity index is 1030. The molecule has 2 atom stereocenters. The maximum absolute atomic E-state index is 13.1. The summed E-state index contributed by atoms with van der Waals surface area (Å²) < 4.78 is 17.4. The molecular weight excluding hydrogens is 408 g/mol. The molecule has 1 aromatic heterocycles. The first-order valence-corrected chi connectivity index (χ1v) is 12.3. The smallest absolute Gasteiger partial charge is 0.235 e. The SMILES string of the molecule is CN(c1c2c(cc3c1CCC3)CCC2)C(O)N=S(N)(=O)c1cnc(C(C)(C)O)s1. The Morgan fingerprint density at radius 2 is 1.83 bits per heavy atom. The van der Waals surface area contributed by atoms with Gasteiger partial charge in [-0.2, -0.15) is 4.36 Å². The van der Waals surface area contributed by atoms with Gasteiger partial charge in [-0.05, 0) is 74.6 Å². The number of aliphatic hydroxyl groups excluding tert-OH is 1. The Balaban J connectivity index is 1.70. The number of benzene rings is 1. The number of nitrogens with two attached hydrogens (primary N) is 1. The van der Waals surface area contributed by atoms with Crippen LogP contribution in [0.1, 0.15) is 54.0 Å². The molecule has 0 radical (unpaired) electrons. The molecule has 1 aromatic carbocycles. The highest BCUT2D eigenvalue weighted by Crippen LogP contribution is 2.41. The Labute approximate surface area is 175 Å². The first-order chi connectivity index (χ1) is 13.6.